The lowest BCUT2D eigenvalue weighted by Crippen LogP contribution is -2.06. The summed E-state index contributed by atoms with van der Waals surface area (Å²) in [4.78, 5) is 23.5. The zero-order chi connectivity index (χ0) is 36.9. The van der Waals surface area contributed by atoms with E-state index in [0.717, 1.165) is 55.4 Å². The van der Waals surface area contributed by atoms with E-state index < -0.39 is 5.97 Å². The second-order valence-corrected chi connectivity index (χ2v) is 13.5. The van der Waals surface area contributed by atoms with E-state index in [1.807, 2.05) is 48.5 Å². The number of carboxylic acids is 1. The van der Waals surface area contributed by atoms with Crippen LogP contribution in [0.3, 0.4) is 0 Å². The standard InChI is InChI=1S/C23H18ClNO2.C22H16ClNO2/c1-27-23(26)21-15-19(24)9-8-17(21)13-16-7-10-22-18(14-16)11-12-25(22)20-5-3-2-4-6-20;23-18-8-7-16(20(14-18)22(25)26)12-15-6-9-21-17(13-15)10-11-24(21)19-4-2-1-3-5-19/h2-12,14-15H,13H2,1H3;1-11,13-14H,12H2,(H,25,26). The lowest BCUT2D eigenvalue weighted by molar-refractivity contribution is 0.0598. The number of carbonyl (C=O) groups is 2. The molecule has 8 heteroatoms. The zero-order valence-electron chi connectivity index (χ0n) is 28.7. The van der Waals surface area contributed by atoms with Crippen LogP contribution in [-0.4, -0.2) is 33.3 Å². The number of halogens is 2. The van der Waals surface area contributed by atoms with Crippen LogP contribution in [0.4, 0.5) is 0 Å². The third-order valence-electron chi connectivity index (χ3n) is 9.15. The van der Waals surface area contributed by atoms with E-state index in [1.165, 1.54) is 13.2 Å². The van der Waals surface area contributed by atoms with Gasteiger partial charge in [0.1, 0.15) is 0 Å². The highest BCUT2D eigenvalue weighted by atomic mass is 35.5. The molecule has 2 aromatic heterocycles. The van der Waals surface area contributed by atoms with Crippen molar-refractivity contribution in [1.82, 2.24) is 9.13 Å². The normalized spacial score (nSPS) is 10.9. The molecule has 0 fully saturated rings. The summed E-state index contributed by atoms with van der Waals surface area (Å²) in [6.45, 7) is 0. The van der Waals surface area contributed by atoms with Gasteiger partial charge in [-0.1, -0.05) is 83.9 Å². The predicted octanol–water partition coefficient (Wildman–Crippen LogP) is 11.2. The van der Waals surface area contributed by atoms with Gasteiger partial charge in [-0.05, 0) is 120 Å². The highest BCUT2D eigenvalue weighted by Gasteiger charge is 2.15. The summed E-state index contributed by atoms with van der Waals surface area (Å²) < 4.78 is 9.20. The first-order valence-electron chi connectivity index (χ1n) is 17.0. The first-order chi connectivity index (χ1) is 25.8. The number of rotatable bonds is 8. The Morgan fingerprint density at radius 2 is 1.02 bits per heavy atom. The molecule has 0 atom stereocenters. The van der Waals surface area contributed by atoms with Crippen molar-refractivity contribution in [2.24, 2.45) is 0 Å². The van der Waals surface area contributed by atoms with Gasteiger partial charge >= 0.3 is 11.9 Å². The summed E-state index contributed by atoms with van der Waals surface area (Å²) in [5, 5.41) is 12.6. The van der Waals surface area contributed by atoms with Gasteiger partial charge in [0.25, 0.3) is 0 Å². The smallest absolute Gasteiger partial charge is 0.338 e. The molecule has 0 aliphatic carbocycles. The lowest BCUT2D eigenvalue weighted by Gasteiger charge is -2.10. The van der Waals surface area contributed by atoms with Crippen LogP contribution in [0.25, 0.3) is 33.2 Å². The van der Waals surface area contributed by atoms with Gasteiger partial charge in [0.2, 0.25) is 0 Å². The Labute approximate surface area is 317 Å². The van der Waals surface area contributed by atoms with Crippen LogP contribution in [0.1, 0.15) is 43.0 Å². The number of aromatic nitrogens is 2. The van der Waals surface area contributed by atoms with E-state index >= 15 is 0 Å². The fraction of sp³-hybridized carbons (Fsp3) is 0.0667. The summed E-state index contributed by atoms with van der Waals surface area (Å²) in [5.74, 6) is -1.33. The molecule has 6 nitrogen and oxygen atoms in total. The number of aromatic carboxylic acids is 1. The Morgan fingerprint density at radius 3 is 1.47 bits per heavy atom. The van der Waals surface area contributed by atoms with Gasteiger partial charge in [-0.25, -0.2) is 9.59 Å². The van der Waals surface area contributed by atoms with E-state index in [4.69, 9.17) is 27.9 Å². The zero-order valence-corrected chi connectivity index (χ0v) is 30.3. The number of carbonyl (C=O) groups excluding carboxylic acids is 1. The minimum Gasteiger partial charge on any atom is -0.478 e. The number of para-hydroxylation sites is 2. The molecular formula is C45H34Cl2N2O4. The largest absolute Gasteiger partial charge is 0.478 e. The molecule has 2 heterocycles. The van der Waals surface area contributed by atoms with Crippen molar-refractivity contribution in [3.05, 3.63) is 201 Å². The lowest BCUT2D eigenvalue weighted by atomic mass is 9.99. The quantitative estimate of drug-likeness (QED) is 0.158. The third-order valence-corrected chi connectivity index (χ3v) is 9.62. The number of methoxy groups -OCH3 is 1. The maximum atomic E-state index is 12.1. The van der Waals surface area contributed by atoms with E-state index in [2.05, 4.69) is 88.3 Å². The van der Waals surface area contributed by atoms with E-state index in [-0.39, 0.29) is 11.5 Å². The SMILES string of the molecule is COC(=O)c1cc(Cl)ccc1Cc1ccc2c(ccn2-c2ccccc2)c1.O=C(O)c1cc(Cl)ccc1Cc1ccc2c(ccn2-c2ccccc2)c1. The van der Waals surface area contributed by atoms with Crippen molar-refractivity contribution in [2.45, 2.75) is 12.8 Å². The van der Waals surface area contributed by atoms with Gasteiger partial charge in [-0.3, -0.25) is 0 Å². The third kappa shape index (κ3) is 7.90. The van der Waals surface area contributed by atoms with Crippen LogP contribution in [0.15, 0.2) is 158 Å². The summed E-state index contributed by atoms with van der Waals surface area (Å²) in [6, 6.07) is 47.6. The molecule has 1 N–H and O–H groups in total. The number of carboxylic acid groups (broad SMARTS) is 1. The van der Waals surface area contributed by atoms with E-state index in [9.17, 15) is 14.7 Å². The number of hydrogen-bond acceptors (Lipinski definition) is 3. The van der Waals surface area contributed by atoms with Crippen molar-refractivity contribution >= 4 is 56.9 Å². The molecule has 8 rings (SSSR count). The second kappa shape index (κ2) is 15.7. The highest BCUT2D eigenvalue weighted by molar-refractivity contribution is 6.31. The molecule has 0 radical (unpaired) electrons. The molecule has 262 valence electrons. The Balaban J connectivity index is 0.000000164. The van der Waals surface area contributed by atoms with Crippen LogP contribution in [0.5, 0.6) is 0 Å². The van der Waals surface area contributed by atoms with Crippen molar-refractivity contribution in [3.63, 3.8) is 0 Å². The van der Waals surface area contributed by atoms with Gasteiger partial charge in [0.15, 0.2) is 0 Å². The fourth-order valence-electron chi connectivity index (χ4n) is 6.58. The first kappa shape index (κ1) is 35.3. The molecule has 0 unspecified atom stereocenters. The van der Waals surface area contributed by atoms with Crippen LogP contribution in [-0.2, 0) is 17.6 Å². The molecule has 8 aromatic rings. The summed E-state index contributed by atoms with van der Waals surface area (Å²) in [5.41, 5.74) is 9.10. The Kier molecular flexibility index (Phi) is 10.4. The Hall–Kier alpha value is -6.08. The molecular weight excluding hydrogens is 703 g/mol. The van der Waals surface area contributed by atoms with Gasteiger partial charge in [-0.2, -0.15) is 0 Å². The molecule has 0 amide bonds. The number of ether oxygens (including phenoxy) is 1. The van der Waals surface area contributed by atoms with Crippen molar-refractivity contribution in [2.75, 3.05) is 7.11 Å². The monoisotopic (exact) mass is 736 g/mol. The number of hydrogen-bond donors (Lipinski definition) is 1. The summed E-state index contributed by atoms with van der Waals surface area (Å²) in [7, 11) is 1.38. The summed E-state index contributed by atoms with van der Waals surface area (Å²) in [6.07, 6.45) is 5.31. The number of benzene rings is 6. The van der Waals surface area contributed by atoms with Gasteiger partial charge < -0.3 is 19.0 Å². The van der Waals surface area contributed by atoms with Crippen LogP contribution < -0.4 is 0 Å². The van der Waals surface area contributed by atoms with Gasteiger partial charge in [-0.15, -0.1) is 0 Å². The van der Waals surface area contributed by atoms with Gasteiger partial charge in [0.05, 0.1) is 29.3 Å². The molecule has 53 heavy (non-hydrogen) atoms. The average Bonchev–Trinajstić information content (AvgIpc) is 3.81. The molecule has 0 bridgehead atoms. The molecule has 0 saturated carbocycles. The second-order valence-electron chi connectivity index (χ2n) is 12.6. The maximum absolute atomic E-state index is 12.1. The number of fused-ring (bicyclic) bond motifs is 2. The fourth-order valence-corrected chi connectivity index (χ4v) is 6.92. The van der Waals surface area contributed by atoms with Crippen LogP contribution in [0.2, 0.25) is 10.0 Å². The van der Waals surface area contributed by atoms with E-state index in [0.29, 0.717) is 28.5 Å². The maximum Gasteiger partial charge on any atom is 0.338 e. The van der Waals surface area contributed by atoms with Crippen molar-refractivity contribution < 1.29 is 19.4 Å². The molecule has 6 aromatic carbocycles. The summed E-state index contributed by atoms with van der Waals surface area (Å²) >= 11 is 12.0. The minimum absolute atomic E-state index is 0.249. The topological polar surface area (TPSA) is 73.5 Å². The van der Waals surface area contributed by atoms with Crippen molar-refractivity contribution in [1.29, 1.82) is 0 Å². The Morgan fingerprint density at radius 1 is 0.566 bits per heavy atom. The predicted molar refractivity (Wildman–Crippen MR) is 213 cm³/mol. The molecule has 0 saturated heterocycles. The number of esters is 1. The first-order valence-corrected chi connectivity index (χ1v) is 17.7. The van der Waals surface area contributed by atoms with Crippen LogP contribution in [0, 0.1) is 0 Å². The highest BCUT2D eigenvalue weighted by Crippen LogP contribution is 2.27. The molecule has 0 aliphatic heterocycles. The minimum atomic E-state index is -0.959. The average molecular weight is 738 g/mol. The van der Waals surface area contributed by atoms with Gasteiger partial charge in [0, 0.05) is 44.6 Å². The Bertz CT molecular complexity index is 2580. The molecule has 0 spiro atoms. The molecule has 0 aliphatic rings. The van der Waals surface area contributed by atoms with Crippen LogP contribution >= 0.6 is 23.2 Å². The van der Waals surface area contributed by atoms with Crippen molar-refractivity contribution in [3.8, 4) is 11.4 Å². The van der Waals surface area contributed by atoms with E-state index in [1.54, 1.807) is 24.3 Å². The number of nitrogens with zero attached hydrogens (tertiary/aromatic N) is 2.